The second-order valence-corrected chi connectivity index (χ2v) is 6.51. The first kappa shape index (κ1) is 18.1. The monoisotopic (exact) mass is 346 g/mol. The molecule has 0 fully saturated rings. The fraction of sp³-hybridized carbons (Fsp3) is 0.316. The lowest BCUT2D eigenvalue weighted by Crippen LogP contribution is -2.46. The topological polar surface area (TPSA) is 50.4 Å². The van der Waals surface area contributed by atoms with E-state index < -0.39 is 5.54 Å². The Bertz CT molecular complexity index is 684. The summed E-state index contributed by atoms with van der Waals surface area (Å²) in [5.74, 6) is 0.834. The van der Waals surface area contributed by atoms with Crippen molar-refractivity contribution in [2.75, 3.05) is 13.7 Å². The fourth-order valence-electron chi connectivity index (χ4n) is 2.49. The SMILES string of the molecule is COc1ccccc1CCNC(=O)NC(C)(C)c1ccc(Cl)cc1. The van der Waals surface area contributed by atoms with Gasteiger partial charge in [0, 0.05) is 11.6 Å². The van der Waals surface area contributed by atoms with Crippen LogP contribution in [-0.4, -0.2) is 19.7 Å². The molecule has 0 aromatic heterocycles. The Labute approximate surface area is 148 Å². The summed E-state index contributed by atoms with van der Waals surface area (Å²) in [5, 5.41) is 6.55. The summed E-state index contributed by atoms with van der Waals surface area (Å²) >= 11 is 5.91. The molecule has 0 heterocycles. The summed E-state index contributed by atoms with van der Waals surface area (Å²) in [7, 11) is 1.65. The Kier molecular flexibility index (Phi) is 6.10. The predicted molar refractivity (Wildman–Crippen MR) is 97.7 cm³/mol. The number of benzene rings is 2. The first-order valence-corrected chi connectivity index (χ1v) is 8.24. The van der Waals surface area contributed by atoms with E-state index in [1.807, 2.05) is 62.4 Å². The molecule has 0 atom stereocenters. The van der Waals surface area contributed by atoms with Gasteiger partial charge >= 0.3 is 6.03 Å². The van der Waals surface area contributed by atoms with Crippen molar-refractivity contribution in [3.8, 4) is 5.75 Å². The van der Waals surface area contributed by atoms with Gasteiger partial charge in [-0.1, -0.05) is 41.9 Å². The third-order valence-electron chi connectivity index (χ3n) is 3.86. The largest absolute Gasteiger partial charge is 0.496 e. The molecule has 2 N–H and O–H groups in total. The molecule has 128 valence electrons. The van der Waals surface area contributed by atoms with Crippen LogP contribution < -0.4 is 15.4 Å². The number of urea groups is 1. The van der Waals surface area contributed by atoms with E-state index >= 15 is 0 Å². The molecule has 0 bridgehead atoms. The van der Waals surface area contributed by atoms with E-state index in [4.69, 9.17) is 16.3 Å². The minimum atomic E-state index is -0.487. The molecule has 5 heteroatoms. The van der Waals surface area contributed by atoms with Gasteiger partial charge in [0.05, 0.1) is 12.6 Å². The molecule has 2 aromatic carbocycles. The third kappa shape index (κ3) is 4.90. The average molecular weight is 347 g/mol. The van der Waals surface area contributed by atoms with E-state index in [1.54, 1.807) is 7.11 Å². The van der Waals surface area contributed by atoms with Crippen molar-refractivity contribution in [1.29, 1.82) is 0 Å². The van der Waals surface area contributed by atoms with Crippen molar-refractivity contribution in [3.05, 3.63) is 64.7 Å². The quantitative estimate of drug-likeness (QED) is 0.826. The van der Waals surface area contributed by atoms with Crippen LogP contribution in [0.15, 0.2) is 48.5 Å². The normalized spacial score (nSPS) is 11.0. The molecule has 0 aliphatic carbocycles. The number of hydrogen-bond donors (Lipinski definition) is 2. The first-order chi connectivity index (χ1) is 11.4. The summed E-state index contributed by atoms with van der Waals surface area (Å²) < 4.78 is 5.31. The van der Waals surface area contributed by atoms with E-state index in [0.29, 0.717) is 18.0 Å². The van der Waals surface area contributed by atoms with Gasteiger partial charge in [0.15, 0.2) is 0 Å². The fourth-order valence-corrected chi connectivity index (χ4v) is 2.61. The molecule has 2 rings (SSSR count). The van der Waals surface area contributed by atoms with Crippen LogP contribution in [0.2, 0.25) is 5.02 Å². The molecule has 0 aliphatic rings. The molecular formula is C19H23ClN2O2. The Morgan fingerprint density at radius 2 is 1.79 bits per heavy atom. The van der Waals surface area contributed by atoms with Crippen molar-refractivity contribution in [3.63, 3.8) is 0 Å². The van der Waals surface area contributed by atoms with E-state index in [0.717, 1.165) is 16.9 Å². The Morgan fingerprint density at radius 3 is 2.46 bits per heavy atom. The Hall–Kier alpha value is -2.20. The molecule has 0 unspecified atom stereocenters. The number of carbonyl (C=O) groups excluding carboxylic acids is 1. The van der Waals surface area contributed by atoms with Gasteiger partial charge in [-0.25, -0.2) is 4.79 Å². The lowest BCUT2D eigenvalue weighted by molar-refractivity contribution is 0.230. The number of amides is 2. The maximum absolute atomic E-state index is 12.2. The second kappa shape index (κ2) is 8.06. The highest BCUT2D eigenvalue weighted by molar-refractivity contribution is 6.30. The molecular weight excluding hydrogens is 324 g/mol. The third-order valence-corrected chi connectivity index (χ3v) is 4.12. The van der Waals surface area contributed by atoms with Gasteiger partial charge in [0.1, 0.15) is 5.75 Å². The summed E-state index contributed by atoms with van der Waals surface area (Å²) in [6.07, 6.45) is 0.707. The lowest BCUT2D eigenvalue weighted by atomic mass is 9.94. The Morgan fingerprint density at radius 1 is 1.12 bits per heavy atom. The minimum absolute atomic E-state index is 0.204. The van der Waals surface area contributed by atoms with Crippen LogP contribution in [0.1, 0.15) is 25.0 Å². The summed E-state index contributed by atoms with van der Waals surface area (Å²) in [6, 6.07) is 15.1. The molecule has 0 saturated carbocycles. The molecule has 4 nitrogen and oxygen atoms in total. The van der Waals surface area contributed by atoms with E-state index in [1.165, 1.54) is 0 Å². The van der Waals surface area contributed by atoms with Crippen molar-refractivity contribution >= 4 is 17.6 Å². The summed E-state index contributed by atoms with van der Waals surface area (Å²) in [6.45, 7) is 4.44. The van der Waals surface area contributed by atoms with Crippen LogP contribution in [0.4, 0.5) is 4.79 Å². The van der Waals surface area contributed by atoms with Gasteiger partial charge in [-0.3, -0.25) is 0 Å². The number of carbonyl (C=O) groups is 1. The highest BCUT2D eigenvalue weighted by Crippen LogP contribution is 2.22. The van der Waals surface area contributed by atoms with Gasteiger partial charge in [0.25, 0.3) is 0 Å². The number of nitrogens with one attached hydrogen (secondary N) is 2. The maximum Gasteiger partial charge on any atom is 0.315 e. The summed E-state index contributed by atoms with van der Waals surface area (Å²) in [4.78, 5) is 12.2. The van der Waals surface area contributed by atoms with Crippen LogP contribution in [-0.2, 0) is 12.0 Å². The van der Waals surface area contributed by atoms with Gasteiger partial charge < -0.3 is 15.4 Å². The van der Waals surface area contributed by atoms with Crippen LogP contribution in [0, 0.1) is 0 Å². The standard InChI is InChI=1S/C19H23ClN2O2/c1-19(2,15-8-10-16(20)11-9-15)22-18(23)21-13-12-14-6-4-5-7-17(14)24-3/h4-11H,12-13H2,1-3H3,(H2,21,22,23). The number of hydrogen-bond acceptors (Lipinski definition) is 2. The second-order valence-electron chi connectivity index (χ2n) is 6.07. The molecule has 0 radical (unpaired) electrons. The summed E-state index contributed by atoms with van der Waals surface area (Å²) in [5.41, 5.74) is 1.57. The van der Waals surface area contributed by atoms with Gasteiger partial charge in [-0.05, 0) is 49.6 Å². The van der Waals surface area contributed by atoms with Crippen molar-refractivity contribution in [1.82, 2.24) is 10.6 Å². The van der Waals surface area contributed by atoms with Crippen LogP contribution in [0.3, 0.4) is 0 Å². The number of halogens is 1. The Balaban J connectivity index is 1.87. The molecule has 0 saturated heterocycles. The van der Waals surface area contributed by atoms with Crippen LogP contribution in [0.5, 0.6) is 5.75 Å². The maximum atomic E-state index is 12.2. The van der Waals surface area contributed by atoms with Crippen LogP contribution in [0.25, 0.3) is 0 Å². The zero-order valence-electron chi connectivity index (χ0n) is 14.2. The van der Waals surface area contributed by atoms with Gasteiger partial charge in [-0.2, -0.15) is 0 Å². The molecule has 0 aliphatic heterocycles. The minimum Gasteiger partial charge on any atom is -0.496 e. The zero-order valence-corrected chi connectivity index (χ0v) is 15.0. The molecule has 2 aromatic rings. The highest BCUT2D eigenvalue weighted by Gasteiger charge is 2.22. The number of ether oxygens (including phenoxy) is 1. The first-order valence-electron chi connectivity index (χ1n) is 7.86. The van der Waals surface area contributed by atoms with E-state index in [2.05, 4.69) is 10.6 Å². The number of para-hydroxylation sites is 1. The highest BCUT2D eigenvalue weighted by atomic mass is 35.5. The van der Waals surface area contributed by atoms with Crippen molar-refractivity contribution < 1.29 is 9.53 Å². The molecule has 2 amide bonds. The smallest absolute Gasteiger partial charge is 0.315 e. The van der Waals surface area contributed by atoms with Crippen molar-refractivity contribution in [2.24, 2.45) is 0 Å². The van der Waals surface area contributed by atoms with E-state index in [-0.39, 0.29) is 6.03 Å². The average Bonchev–Trinajstić information content (AvgIpc) is 2.55. The predicted octanol–water partition coefficient (Wildman–Crippen LogP) is 4.13. The molecule has 24 heavy (non-hydrogen) atoms. The van der Waals surface area contributed by atoms with Crippen LogP contribution >= 0.6 is 11.6 Å². The zero-order chi connectivity index (χ0) is 17.6. The lowest BCUT2D eigenvalue weighted by Gasteiger charge is -2.27. The van der Waals surface area contributed by atoms with E-state index in [9.17, 15) is 4.79 Å². The molecule has 0 spiro atoms. The van der Waals surface area contributed by atoms with Crippen molar-refractivity contribution in [2.45, 2.75) is 25.8 Å². The number of rotatable bonds is 6. The number of methoxy groups -OCH3 is 1. The van der Waals surface area contributed by atoms with Gasteiger partial charge in [0.2, 0.25) is 0 Å². The van der Waals surface area contributed by atoms with Gasteiger partial charge in [-0.15, -0.1) is 0 Å².